The summed E-state index contributed by atoms with van der Waals surface area (Å²) in [5.41, 5.74) is 0.605. The Morgan fingerprint density at radius 1 is 1.68 bits per heavy atom. The van der Waals surface area contributed by atoms with Gasteiger partial charge in [0.1, 0.15) is 11.5 Å². The maximum Gasteiger partial charge on any atom is 0.262 e. The minimum atomic E-state index is -2.80. The first-order valence-corrected chi connectivity index (χ1v) is 5.66. The summed E-state index contributed by atoms with van der Waals surface area (Å²) < 4.78 is 30.9. The van der Waals surface area contributed by atoms with Gasteiger partial charge in [0, 0.05) is 19.5 Å². The number of carbonyl (C=O) groups is 1. The Bertz CT molecular complexity index is 453. The fourth-order valence-electron chi connectivity index (χ4n) is 1.97. The Kier molecular flexibility index (Phi) is 4.86. The molecule has 0 saturated carbocycles. The lowest BCUT2D eigenvalue weighted by molar-refractivity contribution is -0.133. The number of carbonyl (C=O) groups excluding carboxylic acids is 1. The van der Waals surface area contributed by atoms with Crippen LogP contribution in [0.3, 0.4) is 0 Å². The number of halogens is 3. The molecule has 0 aliphatic carbocycles. The molecule has 0 spiro atoms. The normalized spacial score (nSPS) is 20.9. The molecule has 1 saturated heterocycles. The Morgan fingerprint density at radius 2 is 2.37 bits per heavy atom. The summed E-state index contributed by atoms with van der Waals surface area (Å²) in [5.74, 6) is -2.50. The van der Waals surface area contributed by atoms with Crippen molar-refractivity contribution in [1.82, 2.24) is 15.4 Å². The van der Waals surface area contributed by atoms with Gasteiger partial charge in [-0.25, -0.2) is 8.78 Å². The summed E-state index contributed by atoms with van der Waals surface area (Å²) in [6, 6.07) is 0.887. The molecular formula is C11H16ClF2N3O2. The van der Waals surface area contributed by atoms with E-state index in [4.69, 9.17) is 4.52 Å². The molecule has 19 heavy (non-hydrogen) atoms. The lowest BCUT2D eigenvalue weighted by Gasteiger charge is -2.19. The summed E-state index contributed by atoms with van der Waals surface area (Å²) in [5, 5.41) is 6.29. The van der Waals surface area contributed by atoms with Crippen LogP contribution in [-0.2, 0) is 11.3 Å². The van der Waals surface area contributed by atoms with E-state index >= 15 is 0 Å². The number of aromatic nitrogens is 1. The molecule has 1 aromatic rings. The van der Waals surface area contributed by atoms with E-state index in [0.717, 1.165) is 0 Å². The van der Waals surface area contributed by atoms with Crippen molar-refractivity contribution in [2.75, 3.05) is 13.6 Å². The second kappa shape index (κ2) is 5.83. The molecule has 108 valence electrons. The monoisotopic (exact) mass is 295 g/mol. The Hall–Kier alpha value is -1.21. The first kappa shape index (κ1) is 15.8. The SMILES string of the molecule is Cc1cc(CN(C)C(=O)C2CC(F)(F)CN2)no1.Cl. The third kappa shape index (κ3) is 3.87. The molecule has 1 aliphatic rings. The smallest absolute Gasteiger partial charge is 0.262 e. The Balaban J connectivity index is 0.00000180. The molecule has 1 atom stereocenters. The third-order valence-corrected chi connectivity index (χ3v) is 2.86. The van der Waals surface area contributed by atoms with Crippen LogP contribution in [0.25, 0.3) is 0 Å². The largest absolute Gasteiger partial charge is 0.361 e. The highest BCUT2D eigenvalue weighted by Gasteiger charge is 2.43. The number of nitrogens with zero attached hydrogens (tertiary/aromatic N) is 2. The van der Waals surface area contributed by atoms with Gasteiger partial charge in [0.2, 0.25) is 5.91 Å². The van der Waals surface area contributed by atoms with E-state index in [2.05, 4.69) is 10.5 Å². The molecule has 2 rings (SSSR count). The molecule has 1 amide bonds. The minimum absolute atomic E-state index is 0. The first-order chi connectivity index (χ1) is 8.37. The molecule has 2 heterocycles. The van der Waals surface area contributed by atoms with Crippen molar-refractivity contribution >= 4 is 18.3 Å². The van der Waals surface area contributed by atoms with Crippen molar-refractivity contribution in [1.29, 1.82) is 0 Å². The molecule has 1 aromatic heterocycles. The first-order valence-electron chi connectivity index (χ1n) is 5.66. The molecule has 0 bridgehead atoms. The van der Waals surface area contributed by atoms with Gasteiger partial charge in [0.05, 0.1) is 19.1 Å². The van der Waals surface area contributed by atoms with Crippen molar-refractivity contribution in [2.45, 2.75) is 31.9 Å². The number of hydrogen-bond acceptors (Lipinski definition) is 4. The average Bonchev–Trinajstić information content (AvgIpc) is 2.83. The van der Waals surface area contributed by atoms with Crippen LogP contribution in [0.1, 0.15) is 17.9 Å². The van der Waals surface area contributed by atoms with Gasteiger partial charge >= 0.3 is 0 Å². The Morgan fingerprint density at radius 3 is 2.84 bits per heavy atom. The number of rotatable bonds is 3. The van der Waals surface area contributed by atoms with Crippen molar-refractivity contribution < 1.29 is 18.1 Å². The van der Waals surface area contributed by atoms with Gasteiger partial charge < -0.3 is 9.42 Å². The van der Waals surface area contributed by atoms with E-state index in [1.807, 2.05) is 0 Å². The summed E-state index contributed by atoms with van der Waals surface area (Å²) >= 11 is 0. The molecule has 5 nitrogen and oxygen atoms in total. The van der Waals surface area contributed by atoms with E-state index in [-0.39, 0.29) is 24.9 Å². The molecule has 8 heteroatoms. The molecule has 1 aliphatic heterocycles. The zero-order valence-electron chi connectivity index (χ0n) is 10.7. The van der Waals surface area contributed by atoms with Crippen molar-refractivity contribution in [3.63, 3.8) is 0 Å². The van der Waals surface area contributed by atoms with Crippen LogP contribution in [-0.4, -0.2) is 41.5 Å². The molecule has 0 aromatic carbocycles. The number of alkyl halides is 2. The molecule has 1 unspecified atom stereocenters. The van der Waals surface area contributed by atoms with E-state index < -0.39 is 24.9 Å². The highest BCUT2D eigenvalue weighted by atomic mass is 35.5. The van der Waals surface area contributed by atoms with Gasteiger partial charge in [-0.2, -0.15) is 0 Å². The maximum absolute atomic E-state index is 13.0. The topological polar surface area (TPSA) is 58.4 Å². The Labute approximate surface area is 115 Å². The number of hydrogen-bond donors (Lipinski definition) is 1. The highest BCUT2D eigenvalue weighted by molar-refractivity contribution is 5.85. The number of amides is 1. The van der Waals surface area contributed by atoms with Crippen LogP contribution in [0.2, 0.25) is 0 Å². The fraction of sp³-hybridized carbons (Fsp3) is 0.636. The van der Waals surface area contributed by atoms with Gasteiger partial charge in [-0.1, -0.05) is 5.16 Å². The number of nitrogens with one attached hydrogen (secondary N) is 1. The molecule has 1 fully saturated rings. The van der Waals surface area contributed by atoms with Crippen LogP contribution in [0.15, 0.2) is 10.6 Å². The van der Waals surface area contributed by atoms with Crippen LogP contribution in [0.5, 0.6) is 0 Å². The predicted octanol–water partition coefficient (Wildman–Crippen LogP) is 1.36. The van der Waals surface area contributed by atoms with E-state index in [1.54, 1.807) is 20.0 Å². The van der Waals surface area contributed by atoms with Crippen molar-refractivity contribution in [2.24, 2.45) is 0 Å². The lowest BCUT2D eigenvalue weighted by Crippen LogP contribution is -2.41. The quantitative estimate of drug-likeness (QED) is 0.915. The zero-order chi connectivity index (χ0) is 13.3. The van der Waals surface area contributed by atoms with Crippen LogP contribution >= 0.6 is 12.4 Å². The molecular weight excluding hydrogens is 280 g/mol. The van der Waals surface area contributed by atoms with Crippen LogP contribution in [0.4, 0.5) is 8.78 Å². The predicted molar refractivity (Wildman–Crippen MR) is 66.3 cm³/mol. The zero-order valence-corrected chi connectivity index (χ0v) is 11.5. The number of aryl methyl sites for hydroxylation is 1. The van der Waals surface area contributed by atoms with Gasteiger partial charge in [-0.05, 0) is 6.92 Å². The standard InChI is InChI=1S/C11H15F2N3O2.ClH/c1-7-3-8(15-18-7)5-16(2)10(17)9-4-11(12,13)6-14-9;/h3,9,14H,4-6H2,1-2H3;1H. The second-order valence-corrected chi connectivity index (χ2v) is 4.62. The summed E-state index contributed by atoms with van der Waals surface area (Å²) in [7, 11) is 1.56. The highest BCUT2D eigenvalue weighted by Crippen LogP contribution is 2.26. The number of likely N-dealkylation sites (N-methyl/N-ethyl adjacent to an activating group) is 1. The van der Waals surface area contributed by atoms with Crippen molar-refractivity contribution in [3.8, 4) is 0 Å². The summed E-state index contributed by atoms with van der Waals surface area (Å²) in [6.45, 7) is 1.55. The van der Waals surface area contributed by atoms with E-state index in [1.165, 1.54) is 4.90 Å². The second-order valence-electron chi connectivity index (χ2n) is 4.62. The lowest BCUT2D eigenvalue weighted by atomic mass is 10.1. The molecule has 0 radical (unpaired) electrons. The van der Waals surface area contributed by atoms with E-state index in [9.17, 15) is 13.6 Å². The third-order valence-electron chi connectivity index (χ3n) is 2.86. The average molecular weight is 296 g/mol. The van der Waals surface area contributed by atoms with Gasteiger partial charge in [0.25, 0.3) is 5.92 Å². The summed E-state index contributed by atoms with van der Waals surface area (Å²) in [4.78, 5) is 13.3. The van der Waals surface area contributed by atoms with Gasteiger partial charge in [-0.3, -0.25) is 10.1 Å². The molecule has 1 N–H and O–H groups in total. The van der Waals surface area contributed by atoms with Gasteiger partial charge in [-0.15, -0.1) is 12.4 Å². The van der Waals surface area contributed by atoms with Crippen molar-refractivity contribution in [3.05, 3.63) is 17.5 Å². The fourth-order valence-corrected chi connectivity index (χ4v) is 1.97. The minimum Gasteiger partial charge on any atom is -0.361 e. The van der Waals surface area contributed by atoms with Crippen LogP contribution in [0, 0.1) is 6.92 Å². The summed E-state index contributed by atoms with van der Waals surface area (Å²) in [6.07, 6.45) is -0.450. The maximum atomic E-state index is 13.0. The van der Waals surface area contributed by atoms with Gasteiger partial charge in [0.15, 0.2) is 0 Å². The van der Waals surface area contributed by atoms with E-state index in [0.29, 0.717) is 11.5 Å². The van der Waals surface area contributed by atoms with Crippen LogP contribution < -0.4 is 5.32 Å².